The second-order valence-corrected chi connectivity index (χ2v) is 22.9. The molecule has 0 bridgehead atoms. The molecule has 0 fully saturated rings. The molecule has 3 aliphatic rings. The van der Waals surface area contributed by atoms with Crippen LogP contribution in [0.2, 0.25) is 16.3 Å². The average molecular weight is 557 g/mol. The molecule has 25 heavy (non-hydrogen) atoms. The predicted octanol–water partition coefficient (Wildman–Crippen LogP) is 6.95. The first kappa shape index (κ1) is 20.0. The summed E-state index contributed by atoms with van der Waals surface area (Å²) in [6.07, 6.45) is 19.3. The van der Waals surface area contributed by atoms with E-state index in [1.165, 1.54) is 11.1 Å². The van der Waals surface area contributed by atoms with Gasteiger partial charge in [-0.05, 0) is 0 Å². The van der Waals surface area contributed by atoms with Crippen LogP contribution >= 0.6 is 17.2 Å². The molecule has 0 aliphatic heterocycles. The number of hydrogen-bond donors (Lipinski definition) is 0. The molecule has 3 unspecified atom stereocenters. The third-order valence-corrected chi connectivity index (χ3v) is 19.1. The summed E-state index contributed by atoms with van der Waals surface area (Å²) in [5.74, 6) is 0.859. The van der Waals surface area contributed by atoms with Gasteiger partial charge in [-0.15, -0.1) is 0 Å². The molecule has 133 valence electrons. The molecule has 0 N–H and O–H groups in total. The van der Waals surface area contributed by atoms with E-state index < -0.39 is 27.5 Å². The fourth-order valence-electron chi connectivity index (χ4n) is 4.98. The van der Waals surface area contributed by atoms with Gasteiger partial charge in [0.1, 0.15) is 0 Å². The van der Waals surface area contributed by atoms with E-state index in [-0.39, 0.29) is 3.17 Å². The predicted molar refractivity (Wildman–Crippen MR) is 112 cm³/mol. The fourth-order valence-corrected chi connectivity index (χ4v) is 21.7. The van der Waals surface area contributed by atoms with Crippen molar-refractivity contribution in [3.05, 3.63) is 59.3 Å². The summed E-state index contributed by atoms with van der Waals surface area (Å²) in [6, 6.07) is 0. The van der Waals surface area contributed by atoms with Crippen LogP contribution in [0.4, 0.5) is 0 Å². The summed E-state index contributed by atoms with van der Waals surface area (Å²) >= 11 is -2.80. The Kier molecular flexibility index (Phi) is 6.46. The summed E-state index contributed by atoms with van der Waals surface area (Å²) in [5, 5.41) is 1.68. The molecule has 0 aromatic heterocycles. The number of allylic oxidation sites excluding steroid dienone is 10. The molecule has 0 nitrogen and oxygen atoms in total. The van der Waals surface area contributed by atoms with Gasteiger partial charge in [0.2, 0.25) is 0 Å². The SMILES string of the molecule is CCC[C]1([Hf]([Cl])[Cl])C(=[Si](C)C)C2=C(C=CC=CC2C)C1C1=CC=CC1. The van der Waals surface area contributed by atoms with Crippen LogP contribution in [0, 0.1) is 11.8 Å². The molecule has 0 heterocycles. The Morgan fingerprint density at radius 1 is 1.24 bits per heavy atom. The van der Waals surface area contributed by atoms with E-state index >= 15 is 0 Å². The van der Waals surface area contributed by atoms with Gasteiger partial charge in [-0.1, -0.05) is 0 Å². The van der Waals surface area contributed by atoms with Crippen LogP contribution in [-0.2, 0) is 19.1 Å². The molecule has 0 amide bonds. The third kappa shape index (κ3) is 3.30. The number of rotatable bonds is 4. The zero-order valence-corrected chi connectivity index (χ0v) is 21.7. The maximum absolute atomic E-state index is 7.04. The van der Waals surface area contributed by atoms with Crippen molar-refractivity contribution in [1.29, 1.82) is 0 Å². The monoisotopic (exact) mass is 557 g/mol. The van der Waals surface area contributed by atoms with Gasteiger partial charge in [0.25, 0.3) is 0 Å². The average Bonchev–Trinajstić information content (AvgIpc) is 3.11. The summed E-state index contributed by atoms with van der Waals surface area (Å²) in [7, 11) is 13.4. The van der Waals surface area contributed by atoms with Crippen LogP contribution in [-0.4, -0.2) is 13.6 Å². The molecule has 4 heteroatoms. The molecule has 3 atom stereocenters. The quantitative estimate of drug-likeness (QED) is 0.329. The van der Waals surface area contributed by atoms with E-state index in [1.54, 1.807) is 10.7 Å². The van der Waals surface area contributed by atoms with Gasteiger partial charge in [-0.2, -0.15) is 0 Å². The number of halogens is 2. The zero-order chi connectivity index (χ0) is 18.2. The van der Waals surface area contributed by atoms with Gasteiger partial charge in [-0.25, -0.2) is 0 Å². The Balaban J connectivity index is 2.32. The third-order valence-electron chi connectivity index (χ3n) is 5.72. The molecular weight excluding hydrogens is 530 g/mol. The fraction of sp³-hybridized carbons (Fsp3) is 0.476. The van der Waals surface area contributed by atoms with Crippen molar-refractivity contribution in [3.63, 3.8) is 0 Å². The number of hydrogen-bond acceptors (Lipinski definition) is 0. The second-order valence-electron chi connectivity index (χ2n) is 7.57. The molecule has 3 rings (SSSR count). The normalized spacial score (nSPS) is 30.6. The van der Waals surface area contributed by atoms with E-state index in [2.05, 4.69) is 69.5 Å². The first-order chi connectivity index (χ1) is 11.9. The van der Waals surface area contributed by atoms with Gasteiger partial charge in [-0.3, -0.25) is 0 Å². The van der Waals surface area contributed by atoms with Crippen molar-refractivity contribution in [3.8, 4) is 0 Å². The first-order valence-corrected chi connectivity index (χ1v) is 22.5. The molecule has 3 aliphatic carbocycles. The van der Waals surface area contributed by atoms with Crippen molar-refractivity contribution in [2.75, 3.05) is 0 Å². The van der Waals surface area contributed by atoms with Crippen LogP contribution in [0.25, 0.3) is 0 Å². The maximum atomic E-state index is 7.04. The van der Waals surface area contributed by atoms with E-state index in [0.29, 0.717) is 11.8 Å². The van der Waals surface area contributed by atoms with Crippen molar-refractivity contribution >= 4 is 30.7 Å². The Hall–Kier alpha value is 0.237. The van der Waals surface area contributed by atoms with E-state index in [0.717, 1.165) is 19.3 Å². The molecule has 0 aromatic rings. The van der Waals surface area contributed by atoms with Crippen molar-refractivity contribution in [2.45, 2.75) is 49.4 Å². The van der Waals surface area contributed by atoms with Gasteiger partial charge in [0.15, 0.2) is 0 Å². The van der Waals surface area contributed by atoms with Crippen LogP contribution in [0.15, 0.2) is 59.3 Å². The van der Waals surface area contributed by atoms with Gasteiger partial charge < -0.3 is 0 Å². The zero-order valence-electron chi connectivity index (χ0n) is 15.6. The molecular formula is C21H27Cl2HfSi. The molecule has 0 saturated carbocycles. The standard InChI is InChI=1S/C21H27Si.2ClH.Hf/c1-5-10-18-20(16-12-7-8-13-16)17-14-9-6-11-15(2)19(17)21(18)22(3)4;;;/h6-9,11-12,14-15,20H,5,10,13H2,1-4H3;2*1H;/q;;;+2/p-2. The molecule has 0 aromatic carbocycles. The van der Waals surface area contributed by atoms with E-state index in [1.807, 2.05) is 0 Å². The first-order valence-electron chi connectivity index (χ1n) is 9.26. The van der Waals surface area contributed by atoms with Gasteiger partial charge in [0, 0.05) is 0 Å². The Morgan fingerprint density at radius 2 is 2.00 bits per heavy atom. The van der Waals surface area contributed by atoms with Crippen LogP contribution in [0.3, 0.4) is 0 Å². The van der Waals surface area contributed by atoms with E-state index in [4.69, 9.17) is 17.2 Å². The summed E-state index contributed by atoms with van der Waals surface area (Å²) in [6.45, 7) is 9.51. The summed E-state index contributed by atoms with van der Waals surface area (Å²) in [4.78, 5) is 0. The Labute approximate surface area is 169 Å². The Bertz CT molecular complexity index is 735. The minimum absolute atomic E-state index is 0.0621. The molecule has 0 spiro atoms. The second kappa shape index (κ2) is 8.08. The van der Waals surface area contributed by atoms with Crippen molar-refractivity contribution < 1.29 is 19.1 Å². The Morgan fingerprint density at radius 3 is 2.56 bits per heavy atom. The van der Waals surface area contributed by atoms with Gasteiger partial charge >= 0.3 is 170 Å². The molecule has 0 radical (unpaired) electrons. The van der Waals surface area contributed by atoms with Crippen molar-refractivity contribution in [1.82, 2.24) is 0 Å². The topological polar surface area (TPSA) is 0 Å². The summed E-state index contributed by atoms with van der Waals surface area (Å²) < 4.78 is 0.0621. The van der Waals surface area contributed by atoms with E-state index in [9.17, 15) is 0 Å². The minimum atomic E-state index is -2.80. The van der Waals surface area contributed by atoms with Crippen LogP contribution in [0.1, 0.15) is 33.1 Å². The summed E-state index contributed by atoms with van der Waals surface area (Å²) in [5.41, 5.74) is 4.63. The molecule has 0 saturated heterocycles. The van der Waals surface area contributed by atoms with Crippen LogP contribution < -0.4 is 0 Å². The van der Waals surface area contributed by atoms with Gasteiger partial charge in [0.05, 0.1) is 0 Å². The van der Waals surface area contributed by atoms with Crippen LogP contribution in [0.5, 0.6) is 0 Å². The van der Waals surface area contributed by atoms with Crippen molar-refractivity contribution in [2.24, 2.45) is 11.8 Å².